The molecule has 0 radical (unpaired) electrons. The first-order chi connectivity index (χ1) is 8.17. The van der Waals surface area contributed by atoms with Gasteiger partial charge in [-0.1, -0.05) is 0 Å². The molecule has 100 valence electrons. The first-order valence-corrected chi connectivity index (χ1v) is 5.81. The maximum atomic E-state index is 11.8. The van der Waals surface area contributed by atoms with Crippen LogP contribution in [0.25, 0.3) is 0 Å². The Balaban J connectivity index is 2.69. The molecule has 1 rings (SSSR count). The highest BCUT2D eigenvalue weighted by atomic mass is 35.5. The van der Waals surface area contributed by atoms with Crippen LogP contribution in [0.2, 0.25) is 5.28 Å². The Labute approximate surface area is 111 Å². The number of hydrogen-bond acceptors (Lipinski definition) is 6. The minimum atomic E-state index is -0.512. The number of hydrogen-bond donors (Lipinski definition) is 3. The number of anilines is 2. The minimum absolute atomic E-state index is 0.000861. The number of amides is 1. The summed E-state index contributed by atoms with van der Waals surface area (Å²) in [7, 11) is 0. The molecule has 1 heterocycles. The van der Waals surface area contributed by atoms with E-state index in [4.69, 9.17) is 17.3 Å². The van der Waals surface area contributed by atoms with Crippen LogP contribution in [0.3, 0.4) is 0 Å². The summed E-state index contributed by atoms with van der Waals surface area (Å²) in [4.78, 5) is 23.1. The lowest BCUT2D eigenvalue weighted by Gasteiger charge is -2.23. The molecule has 0 aliphatic carbocycles. The zero-order valence-electron chi connectivity index (χ0n) is 10.8. The van der Waals surface area contributed by atoms with Crippen LogP contribution in [0.4, 0.5) is 11.9 Å². The van der Waals surface area contributed by atoms with Crippen molar-refractivity contribution in [3.8, 4) is 0 Å². The van der Waals surface area contributed by atoms with Crippen molar-refractivity contribution in [2.45, 2.75) is 39.3 Å². The largest absolute Gasteiger partial charge is 0.368 e. The van der Waals surface area contributed by atoms with Gasteiger partial charge in [-0.05, 0) is 39.3 Å². The van der Waals surface area contributed by atoms with Crippen molar-refractivity contribution in [2.24, 2.45) is 0 Å². The first kappa shape index (κ1) is 14.4. The standard InChI is InChI=1S/C10H17ClN6O/c1-5(6(18)17-10(2,3)4)13-9-15-7(11)14-8(12)16-9/h5H,1-4H3,(H,17,18)(H3,12,13,14,15,16). The van der Waals surface area contributed by atoms with Crippen molar-refractivity contribution in [2.75, 3.05) is 11.1 Å². The van der Waals surface area contributed by atoms with Crippen LogP contribution in [0.15, 0.2) is 0 Å². The van der Waals surface area contributed by atoms with E-state index in [1.807, 2.05) is 20.8 Å². The molecule has 1 unspecified atom stereocenters. The molecule has 1 atom stereocenters. The van der Waals surface area contributed by atoms with Crippen molar-refractivity contribution >= 4 is 29.4 Å². The van der Waals surface area contributed by atoms with E-state index in [-0.39, 0.29) is 28.6 Å². The molecule has 4 N–H and O–H groups in total. The molecule has 0 spiro atoms. The number of aromatic nitrogens is 3. The molecule has 0 fully saturated rings. The SMILES string of the molecule is CC(Nc1nc(N)nc(Cl)n1)C(=O)NC(C)(C)C. The van der Waals surface area contributed by atoms with Crippen LogP contribution in [0.5, 0.6) is 0 Å². The summed E-state index contributed by atoms with van der Waals surface area (Å²) >= 11 is 5.64. The summed E-state index contributed by atoms with van der Waals surface area (Å²) in [6, 6.07) is -0.512. The molecule has 0 saturated heterocycles. The highest BCUT2D eigenvalue weighted by Crippen LogP contribution is 2.08. The lowest BCUT2D eigenvalue weighted by molar-refractivity contribution is -0.122. The molecule has 0 bridgehead atoms. The normalized spacial score (nSPS) is 12.9. The van der Waals surface area contributed by atoms with Crippen molar-refractivity contribution in [1.29, 1.82) is 0 Å². The first-order valence-electron chi connectivity index (χ1n) is 5.43. The van der Waals surface area contributed by atoms with E-state index in [0.717, 1.165) is 0 Å². The van der Waals surface area contributed by atoms with Crippen molar-refractivity contribution in [3.63, 3.8) is 0 Å². The fraction of sp³-hybridized carbons (Fsp3) is 0.600. The molecule has 1 aromatic rings. The van der Waals surface area contributed by atoms with Gasteiger partial charge in [0.1, 0.15) is 6.04 Å². The van der Waals surface area contributed by atoms with E-state index >= 15 is 0 Å². The van der Waals surface area contributed by atoms with E-state index in [9.17, 15) is 4.79 Å². The summed E-state index contributed by atoms with van der Waals surface area (Å²) in [6.45, 7) is 7.38. The summed E-state index contributed by atoms with van der Waals surface area (Å²) in [5.74, 6) is 0.00240. The minimum Gasteiger partial charge on any atom is -0.368 e. The maximum absolute atomic E-state index is 11.8. The lowest BCUT2D eigenvalue weighted by atomic mass is 10.1. The molecule has 0 saturated carbocycles. The van der Waals surface area contributed by atoms with Gasteiger partial charge in [0.2, 0.25) is 23.1 Å². The third kappa shape index (κ3) is 4.70. The van der Waals surface area contributed by atoms with Crippen LogP contribution < -0.4 is 16.4 Å². The summed E-state index contributed by atoms with van der Waals surface area (Å²) in [5.41, 5.74) is 5.12. The molecule has 0 aliphatic heterocycles. The Morgan fingerprint density at radius 2 is 1.94 bits per heavy atom. The van der Waals surface area contributed by atoms with Gasteiger partial charge in [0.15, 0.2) is 0 Å². The topological polar surface area (TPSA) is 106 Å². The fourth-order valence-electron chi connectivity index (χ4n) is 1.17. The average molecular weight is 273 g/mol. The Bertz CT molecular complexity index is 424. The molecule has 7 nitrogen and oxygen atoms in total. The van der Waals surface area contributed by atoms with Crippen molar-refractivity contribution in [3.05, 3.63) is 5.28 Å². The van der Waals surface area contributed by atoms with Crippen LogP contribution in [-0.2, 0) is 4.79 Å². The number of carbonyl (C=O) groups is 1. The predicted octanol–water partition coefficient (Wildman–Crippen LogP) is 0.822. The number of nitrogens with one attached hydrogen (secondary N) is 2. The zero-order chi connectivity index (χ0) is 13.9. The monoisotopic (exact) mass is 272 g/mol. The fourth-order valence-corrected chi connectivity index (χ4v) is 1.33. The highest BCUT2D eigenvalue weighted by molar-refractivity contribution is 6.28. The average Bonchev–Trinajstić information content (AvgIpc) is 2.12. The van der Waals surface area contributed by atoms with Crippen LogP contribution >= 0.6 is 11.6 Å². The van der Waals surface area contributed by atoms with Gasteiger partial charge < -0.3 is 16.4 Å². The molecule has 1 aromatic heterocycles. The molecular formula is C10H17ClN6O. The van der Waals surface area contributed by atoms with Gasteiger partial charge in [-0.3, -0.25) is 4.79 Å². The quantitative estimate of drug-likeness (QED) is 0.752. The van der Waals surface area contributed by atoms with Gasteiger partial charge in [-0.2, -0.15) is 15.0 Å². The maximum Gasteiger partial charge on any atom is 0.242 e. The Morgan fingerprint density at radius 1 is 1.33 bits per heavy atom. The summed E-state index contributed by atoms with van der Waals surface area (Å²) < 4.78 is 0. The van der Waals surface area contributed by atoms with E-state index < -0.39 is 6.04 Å². The number of carbonyl (C=O) groups excluding carboxylic acids is 1. The van der Waals surface area contributed by atoms with Gasteiger partial charge in [0.05, 0.1) is 0 Å². The Hall–Kier alpha value is -1.63. The Kier molecular flexibility index (Phi) is 4.28. The summed E-state index contributed by atoms with van der Waals surface area (Å²) in [5, 5.41) is 5.62. The molecule has 1 amide bonds. The van der Waals surface area contributed by atoms with Crippen LogP contribution in [0, 0.1) is 0 Å². The number of nitrogen functional groups attached to an aromatic ring is 1. The third-order valence-corrected chi connectivity index (χ3v) is 2.03. The lowest BCUT2D eigenvalue weighted by Crippen LogP contribution is -2.47. The van der Waals surface area contributed by atoms with E-state index in [0.29, 0.717) is 0 Å². The van der Waals surface area contributed by atoms with Crippen LogP contribution in [0.1, 0.15) is 27.7 Å². The molecule has 8 heteroatoms. The van der Waals surface area contributed by atoms with Gasteiger partial charge in [0, 0.05) is 5.54 Å². The van der Waals surface area contributed by atoms with Crippen molar-refractivity contribution < 1.29 is 4.79 Å². The van der Waals surface area contributed by atoms with Gasteiger partial charge in [0.25, 0.3) is 0 Å². The third-order valence-electron chi connectivity index (χ3n) is 1.86. The second-order valence-electron chi connectivity index (χ2n) is 4.89. The molecule has 18 heavy (non-hydrogen) atoms. The Morgan fingerprint density at radius 3 is 2.44 bits per heavy atom. The molecule has 0 aromatic carbocycles. The number of nitrogens with zero attached hydrogens (tertiary/aromatic N) is 3. The van der Waals surface area contributed by atoms with Crippen LogP contribution in [-0.4, -0.2) is 32.4 Å². The number of rotatable bonds is 3. The molecular weight excluding hydrogens is 256 g/mol. The van der Waals surface area contributed by atoms with Gasteiger partial charge in [-0.25, -0.2) is 0 Å². The van der Waals surface area contributed by atoms with Crippen molar-refractivity contribution in [1.82, 2.24) is 20.3 Å². The van der Waals surface area contributed by atoms with E-state index in [1.165, 1.54) is 0 Å². The number of nitrogens with two attached hydrogens (primary N) is 1. The highest BCUT2D eigenvalue weighted by Gasteiger charge is 2.20. The number of halogens is 1. The zero-order valence-corrected chi connectivity index (χ0v) is 11.5. The van der Waals surface area contributed by atoms with Gasteiger partial charge >= 0.3 is 0 Å². The molecule has 0 aliphatic rings. The van der Waals surface area contributed by atoms with E-state index in [1.54, 1.807) is 6.92 Å². The second kappa shape index (κ2) is 5.34. The smallest absolute Gasteiger partial charge is 0.242 e. The summed E-state index contributed by atoms with van der Waals surface area (Å²) in [6.07, 6.45) is 0. The predicted molar refractivity (Wildman–Crippen MR) is 70.2 cm³/mol. The van der Waals surface area contributed by atoms with Gasteiger partial charge in [-0.15, -0.1) is 0 Å². The van der Waals surface area contributed by atoms with E-state index in [2.05, 4.69) is 25.6 Å². The second-order valence-corrected chi connectivity index (χ2v) is 5.23.